The molecule has 0 amide bonds. The van der Waals surface area contributed by atoms with Crippen LogP contribution in [0.2, 0.25) is 0 Å². The van der Waals surface area contributed by atoms with Gasteiger partial charge in [0.15, 0.2) is 0 Å². The molecule has 0 heterocycles. The molecule has 0 radical (unpaired) electrons. The molecular weight excluding hydrogens is 277 g/mol. The monoisotopic (exact) mass is 286 g/mol. The predicted molar refractivity (Wildman–Crippen MR) is 72.7 cm³/mol. The number of hydrogen-bond acceptors (Lipinski definition) is 2. The van der Waals surface area contributed by atoms with E-state index in [-0.39, 0.29) is 16.7 Å². The highest BCUT2D eigenvalue weighted by Crippen LogP contribution is 2.41. The van der Waals surface area contributed by atoms with E-state index in [9.17, 15) is 13.2 Å². The van der Waals surface area contributed by atoms with Crippen molar-refractivity contribution in [2.75, 3.05) is 0 Å². The first kappa shape index (κ1) is 13.4. The van der Waals surface area contributed by atoms with E-state index in [1.165, 1.54) is 6.07 Å². The average Bonchev–Trinajstić information content (AvgIpc) is 2.29. The number of alkyl halides is 3. The molecule has 1 aromatic carbocycles. The summed E-state index contributed by atoms with van der Waals surface area (Å²) in [5.41, 5.74) is -3.03. The molecule has 0 N–H and O–H groups in total. The van der Waals surface area contributed by atoms with Gasteiger partial charge in [-0.1, -0.05) is 48.6 Å². The number of thiocarbonyl (C=S) groups is 1. The van der Waals surface area contributed by atoms with Gasteiger partial charge in [0, 0.05) is 16.2 Å². The Morgan fingerprint density at radius 3 is 2.56 bits per heavy atom. The SMILES string of the molecule is FC(F)(F)Sc1ccccc1C1=CC=CCC1=S. The van der Waals surface area contributed by atoms with E-state index in [1.54, 1.807) is 24.3 Å². The number of benzene rings is 1. The number of allylic oxidation sites excluding steroid dienone is 4. The molecule has 0 aromatic heterocycles. The fraction of sp³-hybridized carbons (Fsp3) is 0.154. The maximum atomic E-state index is 12.5. The standard InChI is InChI=1S/C13H9F3S2/c14-13(15,16)18-12-8-4-2-6-10(12)9-5-1-3-7-11(9)17/h1-6,8H,7H2. The summed E-state index contributed by atoms with van der Waals surface area (Å²) in [6.07, 6.45) is 6.08. The van der Waals surface area contributed by atoms with Crippen molar-refractivity contribution in [3.8, 4) is 0 Å². The molecule has 94 valence electrons. The third-order valence-electron chi connectivity index (χ3n) is 2.41. The fourth-order valence-corrected chi connectivity index (χ4v) is 2.64. The summed E-state index contributed by atoms with van der Waals surface area (Å²) in [7, 11) is 0. The molecule has 0 aliphatic heterocycles. The van der Waals surface area contributed by atoms with Gasteiger partial charge in [0.25, 0.3) is 0 Å². The van der Waals surface area contributed by atoms with Gasteiger partial charge in [-0.25, -0.2) is 0 Å². The second-order valence-corrected chi connectivity index (χ2v) is 5.28. The molecule has 0 spiro atoms. The summed E-state index contributed by atoms with van der Waals surface area (Å²) < 4.78 is 37.4. The van der Waals surface area contributed by atoms with E-state index in [2.05, 4.69) is 0 Å². The highest BCUT2D eigenvalue weighted by atomic mass is 32.2. The fourth-order valence-electron chi connectivity index (χ4n) is 1.69. The molecule has 1 aromatic rings. The summed E-state index contributed by atoms with van der Waals surface area (Å²) in [6, 6.07) is 6.46. The van der Waals surface area contributed by atoms with Gasteiger partial charge in [-0.3, -0.25) is 0 Å². The molecule has 18 heavy (non-hydrogen) atoms. The minimum Gasteiger partial charge on any atom is -0.160 e. The quantitative estimate of drug-likeness (QED) is 0.553. The van der Waals surface area contributed by atoms with Crippen LogP contribution in [-0.2, 0) is 0 Å². The van der Waals surface area contributed by atoms with Crippen LogP contribution < -0.4 is 0 Å². The van der Waals surface area contributed by atoms with Gasteiger partial charge in [-0.15, -0.1) is 0 Å². The Kier molecular flexibility index (Phi) is 3.92. The zero-order chi connectivity index (χ0) is 13.2. The van der Waals surface area contributed by atoms with E-state index in [4.69, 9.17) is 12.2 Å². The zero-order valence-electron chi connectivity index (χ0n) is 9.20. The van der Waals surface area contributed by atoms with Crippen molar-refractivity contribution in [3.05, 3.63) is 48.1 Å². The first-order valence-corrected chi connectivity index (χ1v) is 6.45. The Hall–Kier alpha value is -1.07. The Balaban J connectivity index is 2.42. The molecule has 2 rings (SSSR count). The van der Waals surface area contributed by atoms with Gasteiger partial charge in [0.1, 0.15) is 0 Å². The molecular formula is C13H9F3S2. The summed E-state index contributed by atoms with van der Waals surface area (Å²) in [4.78, 5) is 0.863. The first-order valence-electron chi connectivity index (χ1n) is 5.22. The molecule has 0 nitrogen and oxygen atoms in total. The Morgan fingerprint density at radius 2 is 1.89 bits per heavy atom. The Bertz CT molecular complexity index is 527. The molecule has 0 atom stereocenters. The Labute approximate surface area is 113 Å². The van der Waals surface area contributed by atoms with Crippen LogP contribution in [0.3, 0.4) is 0 Å². The minimum atomic E-state index is -4.29. The number of thioether (sulfide) groups is 1. The predicted octanol–water partition coefficient (Wildman–Crippen LogP) is 5.01. The molecule has 0 unspecified atom stereocenters. The highest BCUT2D eigenvalue weighted by molar-refractivity contribution is 8.00. The van der Waals surface area contributed by atoms with E-state index in [1.807, 2.05) is 12.2 Å². The van der Waals surface area contributed by atoms with Crippen molar-refractivity contribution in [1.29, 1.82) is 0 Å². The van der Waals surface area contributed by atoms with Crippen molar-refractivity contribution < 1.29 is 13.2 Å². The van der Waals surface area contributed by atoms with Crippen LogP contribution in [0.15, 0.2) is 47.4 Å². The lowest BCUT2D eigenvalue weighted by Gasteiger charge is -2.15. The summed E-state index contributed by atoms with van der Waals surface area (Å²) >= 11 is 5.10. The average molecular weight is 286 g/mol. The second-order valence-electron chi connectivity index (χ2n) is 3.68. The van der Waals surface area contributed by atoms with Gasteiger partial charge < -0.3 is 0 Å². The zero-order valence-corrected chi connectivity index (χ0v) is 10.8. The molecule has 0 fully saturated rings. The van der Waals surface area contributed by atoms with Gasteiger partial charge >= 0.3 is 5.51 Å². The summed E-state index contributed by atoms with van der Waals surface area (Å²) in [5.74, 6) is 0. The van der Waals surface area contributed by atoms with Crippen molar-refractivity contribution in [2.45, 2.75) is 16.8 Å². The number of rotatable bonds is 2. The van der Waals surface area contributed by atoms with Gasteiger partial charge in [-0.2, -0.15) is 13.2 Å². The molecule has 5 heteroatoms. The first-order chi connectivity index (χ1) is 8.47. The molecule has 0 bridgehead atoms. The molecule has 0 saturated heterocycles. The summed E-state index contributed by atoms with van der Waals surface area (Å²) in [6.45, 7) is 0. The van der Waals surface area contributed by atoms with Crippen LogP contribution in [0, 0.1) is 0 Å². The lowest BCUT2D eigenvalue weighted by Crippen LogP contribution is -2.05. The van der Waals surface area contributed by atoms with E-state index in [0.29, 0.717) is 22.4 Å². The topological polar surface area (TPSA) is 0 Å². The third-order valence-corrected chi connectivity index (χ3v) is 3.60. The van der Waals surface area contributed by atoms with Gasteiger partial charge in [0.2, 0.25) is 0 Å². The molecule has 0 saturated carbocycles. The van der Waals surface area contributed by atoms with Crippen molar-refractivity contribution >= 4 is 34.4 Å². The van der Waals surface area contributed by atoms with Gasteiger partial charge in [0.05, 0.1) is 0 Å². The second kappa shape index (κ2) is 5.28. The number of halogens is 3. The minimum absolute atomic E-state index is 0.102. The molecule has 1 aliphatic carbocycles. The lowest BCUT2D eigenvalue weighted by atomic mass is 9.97. The van der Waals surface area contributed by atoms with Gasteiger partial charge in [-0.05, 0) is 29.0 Å². The van der Waals surface area contributed by atoms with E-state index < -0.39 is 5.51 Å². The lowest BCUT2D eigenvalue weighted by molar-refractivity contribution is -0.0328. The van der Waals surface area contributed by atoms with Crippen molar-refractivity contribution in [1.82, 2.24) is 0 Å². The highest BCUT2D eigenvalue weighted by Gasteiger charge is 2.30. The van der Waals surface area contributed by atoms with E-state index >= 15 is 0 Å². The smallest absolute Gasteiger partial charge is 0.160 e. The third kappa shape index (κ3) is 3.23. The van der Waals surface area contributed by atoms with Crippen LogP contribution >= 0.6 is 24.0 Å². The number of hydrogen-bond donors (Lipinski definition) is 0. The largest absolute Gasteiger partial charge is 0.446 e. The maximum Gasteiger partial charge on any atom is 0.446 e. The van der Waals surface area contributed by atoms with E-state index in [0.717, 1.165) is 0 Å². The normalized spacial score (nSPS) is 15.7. The summed E-state index contributed by atoms with van der Waals surface area (Å²) in [5, 5.41) is 0. The van der Waals surface area contributed by atoms with Crippen LogP contribution in [0.25, 0.3) is 5.57 Å². The van der Waals surface area contributed by atoms with Crippen LogP contribution in [-0.4, -0.2) is 10.4 Å². The van der Waals surface area contributed by atoms with Crippen molar-refractivity contribution in [2.24, 2.45) is 0 Å². The van der Waals surface area contributed by atoms with Crippen LogP contribution in [0.5, 0.6) is 0 Å². The van der Waals surface area contributed by atoms with Crippen LogP contribution in [0.4, 0.5) is 13.2 Å². The molecule has 1 aliphatic rings. The Morgan fingerprint density at radius 1 is 1.17 bits per heavy atom. The van der Waals surface area contributed by atoms with Crippen LogP contribution in [0.1, 0.15) is 12.0 Å². The maximum absolute atomic E-state index is 12.5. The van der Waals surface area contributed by atoms with Crippen molar-refractivity contribution in [3.63, 3.8) is 0 Å².